The molecule has 18 heavy (non-hydrogen) atoms. The first-order chi connectivity index (χ1) is 8.24. The van der Waals surface area contributed by atoms with Gasteiger partial charge in [0.1, 0.15) is 4.90 Å². The van der Waals surface area contributed by atoms with Crippen LogP contribution in [-0.4, -0.2) is 20.3 Å². The highest BCUT2D eigenvalue weighted by atomic mass is 79.9. The summed E-state index contributed by atoms with van der Waals surface area (Å²) in [6.45, 7) is 2.02. The number of alkyl halides is 1. The molecule has 0 aliphatic heterocycles. The summed E-state index contributed by atoms with van der Waals surface area (Å²) in [7, 11) is -3.73. The minimum Gasteiger partial charge on any atom is -0.211 e. The van der Waals surface area contributed by atoms with Gasteiger partial charge in [-0.15, -0.1) is 11.6 Å². The molecule has 0 aromatic heterocycles. The normalized spacial score (nSPS) is 13.6. The van der Waals surface area contributed by atoms with Crippen LogP contribution in [0.1, 0.15) is 13.3 Å². The van der Waals surface area contributed by atoms with Crippen molar-refractivity contribution in [3.63, 3.8) is 0 Å². The van der Waals surface area contributed by atoms with Crippen molar-refractivity contribution in [2.24, 2.45) is 0 Å². The number of hydrogen-bond donors (Lipinski definition) is 1. The van der Waals surface area contributed by atoms with E-state index >= 15 is 0 Å². The summed E-state index contributed by atoms with van der Waals surface area (Å²) in [5.41, 5.74) is 0. The number of benzene rings is 1. The van der Waals surface area contributed by atoms with Gasteiger partial charge in [-0.1, -0.05) is 39.1 Å². The maximum absolute atomic E-state index is 12.0. The van der Waals surface area contributed by atoms with Crippen LogP contribution in [0, 0.1) is 0 Å². The number of hydrogen-bond acceptors (Lipinski definition) is 2. The molecule has 1 rings (SSSR count). The Hall–Kier alpha value is 0.480. The summed E-state index contributed by atoms with van der Waals surface area (Å²) < 4.78 is 27.1. The zero-order chi connectivity index (χ0) is 13.9. The molecule has 1 unspecified atom stereocenters. The summed E-state index contributed by atoms with van der Waals surface area (Å²) in [4.78, 5) is -0.115. The fourth-order valence-corrected chi connectivity index (χ4v) is 4.34. The average molecular weight is 396 g/mol. The molecule has 1 N–H and O–H groups in total. The van der Waals surface area contributed by atoms with Gasteiger partial charge in [0.2, 0.25) is 10.0 Å². The van der Waals surface area contributed by atoms with Crippen LogP contribution >= 0.6 is 50.7 Å². The molecule has 102 valence electrons. The van der Waals surface area contributed by atoms with Crippen molar-refractivity contribution in [3.05, 3.63) is 26.7 Å². The fourth-order valence-electron chi connectivity index (χ4n) is 1.25. The van der Waals surface area contributed by atoms with Crippen LogP contribution in [0.5, 0.6) is 0 Å². The Morgan fingerprint density at radius 2 is 1.83 bits per heavy atom. The highest BCUT2D eigenvalue weighted by molar-refractivity contribution is 9.10. The predicted octanol–water partition coefficient (Wildman–Crippen LogP) is 4.05. The molecule has 0 aliphatic carbocycles. The Kier molecular flexibility index (Phi) is 6.22. The van der Waals surface area contributed by atoms with Crippen molar-refractivity contribution in [1.82, 2.24) is 4.72 Å². The van der Waals surface area contributed by atoms with E-state index in [0.717, 1.165) is 0 Å². The third-order valence-electron chi connectivity index (χ3n) is 2.07. The minimum absolute atomic E-state index is 0.0702. The van der Waals surface area contributed by atoms with Crippen LogP contribution in [0.2, 0.25) is 10.0 Å². The lowest BCUT2D eigenvalue weighted by Crippen LogP contribution is -2.26. The molecule has 3 nitrogen and oxygen atoms in total. The van der Waals surface area contributed by atoms with Crippen LogP contribution < -0.4 is 4.72 Å². The summed E-state index contributed by atoms with van der Waals surface area (Å²) in [5.74, 6) is 0. The molecule has 0 amide bonds. The second-order valence-corrected chi connectivity index (χ2v) is 7.84. The summed E-state index contributed by atoms with van der Waals surface area (Å²) in [6, 6.07) is 2.96. The zero-order valence-corrected chi connectivity index (χ0v) is 14.1. The molecule has 1 aromatic rings. The van der Waals surface area contributed by atoms with E-state index in [1.165, 1.54) is 12.1 Å². The summed E-state index contributed by atoms with van der Waals surface area (Å²) in [6.07, 6.45) is 0.520. The number of nitrogens with one attached hydrogen (secondary N) is 1. The smallest absolute Gasteiger partial charge is 0.211 e. The first-order valence-electron chi connectivity index (χ1n) is 5.02. The topological polar surface area (TPSA) is 46.2 Å². The Morgan fingerprint density at radius 3 is 2.28 bits per heavy atom. The molecular weight excluding hydrogens is 384 g/mol. The zero-order valence-electron chi connectivity index (χ0n) is 9.38. The van der Waals surface area contributed by atoms with E-state index in [4.69, 9.17) is 34.8 Å². The lowest BCUT2D eigenvalue weighted by atomic mass is 10.3. The van der Waals surface area contributed by atoms with Gasteiger partial charge in [-0.25, -0.2) is 13.1 Å². The molecule has 0 saturated carbocycles. The third kappa shape index (κ3) is 4.54. The SMILES string of the molecule is CC(Cl)CCNS(=O)(=O)c1c(Cl)cc(Br)cc1Cl. The number of rotatable bonds is 5. The quantitative estimate of drug-likeness (QED) is 0.765. The van der Waals surface area contributed by atoms with Crippen LogP contribution in [0.15, 0.2) is 21.5 Å². The number of halogens is 4. The maximum atomic E-state index is 12.0. The summed E-state index contributed by atoms with van der Waals surface area (Å²) in [5, 5.41) is 0.0326. The van der Waals surface area contributed by atoms with E-state index in [2.05, 4.69) is 20.7 Å². The number of sulfonamides is 1. The van der Waals surface area contributed by atoms with E-state index in [-0.39, 0.29) is 26.9 Å². The van der Waals surface area contributed by atoms with E-state index < -0.39 is 10.0 Å². The van der Waals surface area contributed by atoms with Crippen molar-refractivity contribution in [3.8, 4) is 0 Å². The Morgan fingerprint density at radius 1 is 1.33 bits per heavy atom. The molecule has 0 fully saturated rings. The molecule has 0 bridgehead atoms. The van der Waals surface area contributed by atoms with Crippen molar-refractivity contribution >= 4 is 60.8 Å². The third-order valence-corrected chi connectivity index (χ3v) is 5.12. The standard InChI is InChI=1S/C10H11BrCl3NO2S/c1-6(12)2-3-15-18(16,17)10-8(13)4-7(11)5-9(10)14/h4-6,15H,2-3H2,1H3. The minimum atomic E-state index is -3.73. The monoisotopic (exact) mass is 393 g/mol. The van der Waals surface area contributed by atoms with Gasteiger partial charge in [0.15, 0.2) is 0 Å². The Labute approximate surface area is 130 Å². The first-order valence-corrected chi connectivity index (χ1v) is 8.49. The molecular formula is C10H11BrCl3NO2S. The van der Waals surface area contributed by atoms with Gasteiger partial charge in [-0.3, -0.25) is 0 Å². The van der Waals surface area contributed by atoms with Gasteiger partial charge in [0.05, 0.1) is 10.0 Å². The van der Waals surface area contributed by atoms with Crippen molar-refractivity contribution in [2.75, 3.05) is 6.54 Å². The van der Waals surface area contributed by atoms with E-state index in [1.54, 1.807) is 6.92 Å². The highest BCUT2D eigenvalue weighted by Crippen LogP contribution is 2.32. The summed E-state index contributed by atoms with van der Waals surface area (Å²) >= 11 is 20.7. The lowest BCUT2D eigenvalue weighted by Gasteiger charge is -2.11. The molecule has 0 heterocycles. The Bertz CT molecular complexity index is 511. The fraction of sp³-hybridized carbons (Fsp3) is 0.400. The van der Waals surface area contributed by atoms with Crippen LogP contribution in [0.3, 0.4) is 0 Å². The Balaban J connectivity index is 2.99. The molecule has 8 heteroatoms. The molecule has 1 aromatic carbocycles. The lowest BCUT2D eigenvalue weighted by molar-refractivity contribution is 0.579. The van der Waals surface area contributed by atoms with E-state index in [1.807, 2.05) is 0 Å². The van der Waals surface area contributed by atoms with Gasteiger partial charge in [0.25, 0.3) is 0 Å². The average Bonchev–Trinajstić information content (AvgIpc) is 2.13. The molecule has 0 aliphatic rings. The van der Waals surface area contributed by atoms with Crippen LogP contribution in [0.25, 0.3) is 0 Å². The van der Waals surface area contributed by atoms with Gasteiger partial charge in [-0.05, 0) is 25.5 Å². The van der Waals surface area contributed by atoms with E-state index in [0.29, 0.717) is 10.9 Å². The van der Waals surface area contributed by atoms with E-state index in [9.17, 15) is 8.42 Å². The molecule has 1 atom stereocenters. The van der Waals surface area contributed by atoms with Crippen LogP contribution in [0.4, 0.5) is 0 Å². The molecule has 0 spiro atoms. The van der Waals surface area contributed by atoms with Gasteiger partial charge < -0.3 is 0 Å². The molecule has 0 saturated heterocycles. The van der Waals surface area contributed by atoms with Crippen molar-refractivity contribution in [1.29, 1.82) is 0 Å². The predicted molar refractivity (Wildman–Crippen MR) is 79.3 cm³/mol. The second kappa shape index (κ2) is 6.77. The van der Waals surface area contributed by atoms with Crippen LogP contribution in [-0.2, 0) is 10.0 Å². The second-order valence-electron chi connectivity index (χ2n) is 3.67. The largest absolute Gasteiger partial charge is 0.243 e. The first kappa shape index (κ1) is 16.5. The van der Waals surface area contributed by atoms with Crippen molar-refractivity contribution in [2.45, 2.75) is 23.6 Å². The van der Waals surface area contributed by atoms with Gasteiger partial charge in [-0.2, -0.15) is 0 Å². The maximum Gasteiger partial charge on any atom is 0.243 e. The molecule has 0 radical (unpaired) electrons. The van der Waals surface area contributed by atoms with Gasteiger partial charge >= 0.3 is 0 Å². The van der Waals surface area contributed by atoms with Crippen molar-refractivity contribution < 1.29 is 8.42 Å². The highest BCUT2D eigenvalue weighted by Gasteiger charge is 2.22. The van der Waals surface area contributed by atoms with Gasteiger partial charge in [0, 0.05) is 16.4 Å².